The normalized spacial score (nSPS) is 14.9. The number of hydrogen-bond donors (Lipinski definition) is 1. The van der Waals surface area contributed by atoms with Crippen LogP contribution in [0.5, 0.6) is 0 Å². The third kappa shape index (κ3) is 4.45. The van der Waals surface area contributed by atoms with Gasteiger partial charge in [-0.3, -0.25) is 4.79 Å². The minimum Gasteiger partial charge on any atom is -0.450 e. The van der Waals surface area contributed by atoms with Crippen LogP contribution in [0.1, 0.15) is 35.8 Å². The molecule has 6 nitrogen and oxygen atoms in total. The molecule has 2 amide bonds. The predicted molar refractivity (Wildman–Crippen MR) is 99.1 cm³/mol. The molecule has 3 rings (SSSR count). The summed E-state index contributed by atoms with van der Waals surface area (Å²) >= 11 is 0. The van der Waals surface area contributed by atoms with Crippen molar-refractivity contribution in [2.45, 2.75) is 32.4 Å². The number of likely N-dealkylation sites (tertiary alicyclic amines) is 1. The highest BCUT2D eigenvalue weighted by molar-refractivity contribution is 5.93. The van der Waals surface area contributed by atoms with Crippen molar-refractivity contribution in [3.63, 3.8) is 0 Å². The van der Waals surface area contributed by atoms with Gasteiger partial charge in [0.25, 0.3) is 5.91 Å². The van der Waals surface area contributed by atoms with Crippen LogP contribution >= 0.6 is 0 Å². The molecule has 1 aromatic carbocycles. The quantitative estimate of drug-likeness (QED) is 0.897. The fourth-order valence-corrected chi connectivity index (χ4v) is 3.22. The highest BCUT2D eigenvalue weighted by atomic mass is 16.6. The lowest BCUT2D eigenvalue weighted by molar-refractivity contribution is 0.0854. The molecule has 1 aromatic heterocycles. The summed E-state index contributed by atoms with van der Waals surface area (Å²) in [5.74, 6) is -0.0690. The lowest BCUT2D eigenvalue weighted by atomic mass is 10.1. The second kappa shape index (κ2) is 8.56. The Morgan fingerprint density at radius 2 is 1.85 bits per heavy atom. The van der Waals surface area contributed by atoms with Gasteiger partial charge in [-0.2, -0.15) is 0 Å². The van der Waals surface area contributed by atoms with Gasteiger partial charge in [0.2, 0.25) is 0 Å². The fourth-order valence-electron chi connectivity index (χ4n) is 3.22. The lowest BCUT2D eigenvalue weighted by Crippen LogP contribution is -2.47. The van der Waals surface area contributed by atoms with Crippen molar-refractivity contribution in [2.24, 2.45) is 0 Å². The Kier molecular flexibility index (Phi) is 5.94. The van der Waals surface area contributed by atoms with Gasteiger partial charge >= 0.3 is 6.09 Å². The molecule has 1 aliphatic rings. The zero-order valence-corrected chi connectivity index (χ0v) is 15.1. The minimum atomic E-state index is -0.269. The number of carbonyl (C=O) groups is 2. The number of carbonyl (C=O) groups excluding carboxylic acids is 2. The number of ether oxygens (including phenoxy) is 1. The number of nitrogens with zero attached hydrogens (tertiary/aromatic N) is 2. The zero-order chi connectivity index (χ0) is 18.4. The van der Waals surface area contributed by atoms with Crippen LogP contribution in [0.15, 0.2) is 48.7 Å². The van der Waals surface area contributed by atoms with E-state index in [1.165, 1.54) is 0 Å². The molecule has 0 saturated carbocycles. The number of rotatable bonds is 5. The number of amides is 2. The van der Waals surface area contributed by atoms with Gasteiger partial charge < -0.3 is 19.5 Å². The summed E-state index contributed by atoms with van der Waals surface area (Å²) in [4.78, 5) is 26.1. The zero-order valence-electron chi connectivity index (χ0n) is 15.1. The van der Waals surface area contributed by atoms with E-state index in [1.807, 2.05) is 53.2 Å². The number of piperidine rings is 1. The van der Waals surface area contributed by atoms with Gasteiger partial charge in [0.1, 0.15) is 5.69 Å². The average molecular weight is 355 g/mol. The Bertz CT molecular complexity index is 734. The molecule has 0 atom stereocenters. The van der Waals surface area contributed by atoms with E-state index in [4.69, 9.17) is 4.74 Å². The molecular formula is C20H25N3O3. The third-order valence-electron chi connectivity index (χ3n) is 4.61. The van der Waals surface area contributed by atoms with Gasteiger partial charge in [-0.25, -0.2) is 4.79 Å². The van der Waals surface area contributed by atoms with E-state index < -0.39 is 0 Å². The van der Waals surface area contributed by atoms with Crippen LogP contribution in [0.25, 0.3) is 0 Å². The Hall–Kier alpha value is -2.76. The number of benzene rings is 1. The van der Waals surface area contributed by atoms with E-state index >= 15 is 0 Å². The summed E-state index contributed by atoms with van der Waals surface area (Å²) in [5.41, 5.74) is 1.81. The first-order valence-corrected chi connectivity index (χ1v) is 9.09. The summed E-state index contributed by atoms with van der Waals surface area (Å²) in [6.07, 6.45) is 3.13. The smallest absolute Gasteiger partial charge is 0.409 e. The maximum atomic E-state index is 12.7. The molecule has 0 aliphatic carbocycles. The van der Waals surface area contributed by atoms with Crippen LogP contribution in [0, 0.1) is 0 Å². The molecule has 26 heavy (non-hydrogen) atoms. The molecule has 0 bridgehead atoms. The minimum absolute atomic E-state index is 0.0690. The molecule has 1 aliphatic heterocycles. The van der Waals surface area contributed by atoms with E-state index in [1.54, 1.807) is 11.8 Å². The SMILES string of the molecule is CCOC(=O)N1CCC(NC(=O)c2cccn2Cc2ccccc2)CC1. The van der Waals surface area contributed by atoms with Crippen molar-refractivity contribution in [2.75, 3.05) is 19.7 Å². The van der Waals surface area contributed by atoms with E-state index in [0.717, 1.165) is 18.4 Å². The van der Waals surface area contributed by atoms with Gasteiger partial charge in [-0.15, -0.1) is 0 Å². The lowest BCUT2D eigenvalue weighted by Gasteiger charge is -2.31. The monoisotopic (exact) mass is 355 g/mol. The summed E-state index contributed by atoms with van der Waals surface area (Å²) in [6, 6.07) is 13.9. The summed E-state index contributed by atoms with van der Waals surface area (Å²) < 4.78 is 6.98. The summed E-state index contributed by atoms with van der Waals surface area (Å²) in [7, 11) is 0. The van der Waals surface area contributed by atoms with Crippen molar-refractivity contribution in [1.82, 2.24) is 14.8 Å². The van der Waals surface area contributed by atoms with Crippen LogP contribution in [-0.4, -0.2) is 47.2 Å². The van der Waals surface area contributed by atoms with Gasteiger partial charge in [-0.1, -0.05) is 30.3 Å². The first-order chi connectivity index (χ1) is 12.7. The molecule has 0 spiro atoms. The molecule has 1 fully saturated rings. The van der Waals surface area contributed by atoms with Crippen LogP contribution in [0.2, 0.25) is 0 Å². The summed E-state index contributed by atoms with van der Waals surface area (Å²) in [6.45, 7) is 4.06. The fraction of sp³-hybridized carbons (Fsp3) is 0.400. The van der Waals surface area contributed by atoms with Crippen LogP contribution in [0.3, 0.4) is 0 Å². The molecule has 138 valence electrons. The summed E-state index contributed by atoms with van der Waals surface area (Å²) in [5, 5.41) is 3.10. The van der Waals surface area contributed by atoms with E-state index in [9.17, 15) is 9.59 Å². The Morgan fingerprint density at radius 3 is 2.54 bits per heavy atom. The number of hydrogen-bond acceptors (Lipinski definition) is 3. The van der Waals surface area contributed by atoms with Gasteiger partial charge in [0.05, 0.1) is 6.61 Å². The third-order valence-corrected chi connectivity index (χ3v) is 4.61. The largest absolute Gasteiger partial charge is 0.450 e. The Morgan fingerprint density at radius 1 is 1.12 bits per heavy atom. The molecule has 1 saturated heterocycles. The van der Waals surface area contributed by atoms with Crippen LogP contribution in [-0.2, 0) is 11.3 Å². The second-order valence-corrected chi connectivity index (χ2v) is 6.44. The first-order valence-electron chi connectivity index (χ1n) is 9.09. The highest BCUT2D eigenvalue weighted by Crippen LogP contribution is 2.13. The Labute approximate surface area is 153 Å². The van der Waals surface area contributed by atoms with Crippen molar-refractivity contribution in [3.8, 4) is 0 Å². The maximum absolute atomic E-state index is 12.7. The van der Waals surface area contributed by atoms with Crippen molar-refractivity contribution in [1.29, 1.82) is 0 Å². The van der Waals surface area contributed by atoms with Crippen LogP contribution in [0.4, 0.5) is 4.79 Å². The maximum Gasteiger partial charge on any atom is 0.409 e. The van der Waals surface area contributed by atoms with Gasteiger partial charge in [0.15, 0.2) is 0 Å². The molecule has 6 heteroatoms. The second-order valence-electron chi connectivity index (χ2n) is 6.44. The van der Waals surface area contributed by atoms with Crippen molar-refractivity contribution < 1.29 is 14.3 Å². The van der Waals surface area contributed by atoms with E-state index in [0.29, 0.717) is 31.9 Å². The number of nitrogens with one attached hydrogen (secondary N) is 1. The standard InChI is InChI=1S/C20H25N3O3/c1-2-26-20(25)22-13-10-17(11-14-22)21-19(24)18-9-6-12-23(18)15-16-7-4-3-5-8-16/h3-9,12,17H,2,10-11,13-15H2,1H3,(H,21,24). The van der Waals surface area contributed by atoms with Crippen LogP contribution < -0.4 is 5.32 Å². The molecule has 2 heterocycles. The highest BCUT2D eigenvalue weighted by Gasteiger charge is 2.25. The Balaban J connectivity index is 1.55. The molecule has 1 N–H and O–H groups in total. The molecular weight excluding hydrogens is 330 g/mol. The van der Waals surface area contributed by atoms with E-state index in [-0.39, 0.29) is 18.0 Å². The molecule has 0 radical (unpaired) electrons. The average Bonchev–Trinajstić information content (AvgIpc) is 3.11. The van der Waals surface area contributed by atoms with Crippen molar-refractivity contribution >= 4 is 12.0 Å². The molecule has 2 aromatic rings. The predicted octanol–water partition coefficient (Wildman–Crippen LogP) is 2.89. The van der Waals surface area contributed by atoms with E-state index in [2.05, 4.69) is 5.32 Å². The van der Waals surface area contributed by atoms with Gasteiger partial charge in [-0.05, 0) is 37.5 Å². The van der Waals surface area contributed by atoms with Gasteiger partial charge in [0, 0.05) is 31.9 Å². The molecule has 0 unspecified atom stereocenters. The van der Waals surface area contributed by atoms with Crippen molar-refractivity contribution in [3.05, 3.63) is 59.9 Å². The first kappa shape index (κ1) is 18.0. The number of aromatic nitrogens is 1. The topological polar surface area (TPSA) is 63.6 Å².